The van der Waals surface area contributed by atoms with Gasteiger partial charge in [0.2, 0.25) is 0 Å². The number of aromatic nitrogens is 2. The van der Waals surface area contributed by atoms with Crippen LogP contribution in [0.4, 0.5) is 11.5 Å². The molecule has 0 amide bonds. The normalized spacial score (nSPS) is 11.7. The molecule has 102 valence electrons. The predicted molar refractivity (Wildman–Crippen MR) is 84.7 cm³/mol. The molecule has 7 heteroatoms. The SMILES string of the molecule is C[C@H](Sc1nc(N)c(N=C=S)c(=O)[nH]1)c1ccccc1. The molecule has 1 atom stereocenters. The first kappa shape index (κ1) is 14.5. The molecule has 0 aliphatic rings. The molecule has 1 aromatic heterocycles. The van der Waals surface area contributed by atoms with Gasteiger partial charge in [-0.1, -0.05) is 42.1 Å². The van der Waals surface area contributed by atoms with Crippen molar-refractivity contribution in [3.8, 4) is 0 Å². The van der Waals surface area contributed by atoms with Crippen LogP contribution in [0.1, 0.15) is 17.7 Å². The van der Waals surface area contributed by atoms with Gasteiger partial charge in [-0.3, -0.25) is 9.78 Å². The van der Waals surface area contributed by atoms with Crippen LogP contribution < -0.4 is 11.3 Å². The Bertz CT molecular complexity index is 708. The Morgan fingerprint density at radius 3 is 2.75 bits per heavy atom. The minimum atomic E-state index is -0.419. The molecule has 20 heavy (non-hydrogen) atoms. The van der Waals surface area contributed by atoms with Gasteiger partial charge in [-0.2, -0.15) is 4.99 Å². The first-order valence-corrected chi connectivity index (χ1v) is 7.10. The largest absolute Gasteiger partial charge is 0.382 e. The average Bonchev–Trinajstić information content (AvgIpc) is 2.44. The van der Waals surface area contributed by atoms with Crippen LogP contribution in [0.5, 0.6) is 0 Å². The number of hydrogen-bond acceptors (Lipinski definition) is 6. The number of nitrogens with zero attached hydrogens (tertiary/aromatic N) is 2. The second-order valence-electron chi connectivity index (χ2n) is 3.98. The summed E-state index contributed by atoms with van der Waals surface area (Å²) in [4.78, 5) is 22.2. The zero-order valence-corrected chi connectivity index (χ0v) is 12.3. The highest BCUT2D eigenvalue weighted by Crippen LogP contribution is 2.32. The van der Waals surface area contributed by atoms with E-state index in [1.807, 2.05) is 37.3 Å². The number of H-pyrrole nitrogens is 1. The first-order chi connectivity index (χ1) is 9.61. The molecule has 0 aliphatic carbocycles. The van der Waals surface area contributed by atoms with Crippen LogP contribution in [0.15, 0.2) is 45.3 Å². The van der Waals surface area contributed by atoms with Crippen LogP contribution in [0.25, 0.3) is 0 Å². The lowest BCUT2D eigenvalue weighted by atomic mass is 10.2. The Balaban J connectivity index is 2.27. The topological polar surface area (TPSA) is 84.1 Å². The molecular formula is C13H12N4OS2. The highest BCUT2D eigenvalue weighted by molar-refractivity contribution is 7.99. The number of thioether (sulfide) groups is 1. The summed E-state index contributed by atoms with van der Waals surface area (Å²) in [5.74, 6) is 0.0499. The number of anilines is 1. The fourth-order valence-corrected chi connectivity index (χ4v) is 2.65. The van der Waals surface area contributed by atoms with Crippen molar-refractivity contribution in [2.24, 2.45) is 4.99 Å². The zero-order valence-electron chi connectivity index (χ0n) is 10.7. The molecule has 0 unspecified atom stereocenters. The minimum absolute atomic E-state index is 0.00304. The Labute approximate surface area is 125 Å². The molecule has 0 saturated heterocycles. The van der Waals surface area contributed by atoms with Crippen LogP contribution in [0, 0.1) is 0 Å². The van der Waals surface area contributed by atoms with Gasteiger partial charge in [-0.25, -0.2) is 4.98 Å². The summed E-state index contributed by atoms with van der Waals surface area (Å²) >= 11 is 5.88. The summed E-state index contributed by atoms with van der Waals surface area (Å²) < 4.78 is 0. The molecular weight excluding hydrogens is 292 g/mol. The third-order valence-electron chi connectivity index (χ3n) is 2.61. The van der Waals surface area contributed by atoms with Gasteiger partial charge in [0.05, 0.1) is 5.16 Å². The van der Waals surface area contributed by atoms with Gasteiger partial charge in [0.25, 0.3) is 5.56 Å². The van der Waals surface area contributed by atoms with E-state index < -0.39 is 5.56 Å². The number of isothiocyanates is 1. The van der Waals surface area contributed by atoms with Crippen LogP contribution in [0.3, 0.4) is 0 Å². The van der Waals surface area contributed by atoms with Crippen molar-refractivity contribution in [1.82, 2.24) is 9.97 Å². The number of aromatic amines is 1. The lowest BCUT2D eigenvalue weighted by Crippen LogP contribution is -2.11. The van der Waals surface area contributed by atoms with Crippen LogP contribution in [-0.2, 0) is 0 Å². The summed E-state index contributed by atoms with van der Waals surface area (Å²) in [6, 6.07) is 9.92. The second kappa shape index (κ2) is 6.47. The number of hydrogen-bond donors (Lipinski definition) is 2. The van der Waals surface area contributed by atoms with Crippen LogP contribution in [0.2, 0.25) is 0 Å². The summed E-state index contributed by atoms with van der Waals surface area (Å²) in [5.41, 5.74) is 6.41. The molecule has 0 saturated carbocycles. The van der Waals surface area contributed by atoms with Crippen molar-refractivity contribution >= 4 is 40.6 Å². The number of benzene rings is 1. The maximum Gasteiger partial charge on any atom is 0.280 e. The number of aliphatic imine (C=N–C) groups is 1. The molecule has 3 N–H and O–H groups in total. The third-order valence-corrected chi connectivity index (χ3v) is 3.75. The van der Waals surface area contributed by atoms with E-state index in [1.165, 1.54) is 11.8 Å². The molecule has 5 nitrogen and oxygen atoms in total. The van der Waals surface area contributed by atoms with Crippen molar-refractivity contribution in [3.05, 3.63) is 46.2 Å². The predicted octanol–water partition coefficient (Wildman–Crippen LogP) is 2.94. The molecule has 1 aromatic carbocycles. The summed E-state index contributed by atoms with van der Waals surface area (Å²) in [5, 5.41) is 2.70. The zero-order chi connectivity index (χ0) is 14.5. The van der Waals surface area contributed by atoms with E-state index in [1.54, 1.807) is 0 Å². The van der Waals surface area contributed by atoms with Gasteiger partial charge in [-0.15, -0.1) is 0 Å². The van der Waals surface area contributed by atoms with Crippen molar-refractivity contribution < 1.29 is 0 Å². The van der Waals surface area contributed by atoms with Gasteiger partial charge in [-0.05, 0) is 24.7 Å². The smallest absolute Gasteiger partial charge is 0.280 e. The molecule has 0 bridgehead atoms. The number of nitrogens with two attached hydrogens (primary N) is 1. The number of nitrogens with one attached hydrogen (secondary N) is 1. The van der Waals surface area contributed by atoms with E-state index in [4.69, 9.17) is 5.73 Å². The number of nitrogen functional groups attached to an aromatic ring is 1. The molecule has 1 heterocycles. The molecule has 0 aliphatic heterocycles. The van der Waals surface area contributed by atoms with Crippen LogP contribution in [-0.4, -0.2) is 15.1 Å². The minimum Gasteiger partial charge on any atom is -0.382 e. The summed E-state index contributed by atoms with van der Waals surface area (Å²) in [6.07, 6.45) is 0. The van der Waals surface area contributed by atoms with E-state index in [9.17, 15) is 4.79 Å². The summed E-state index contributed by atoms with van der Waals surface area (Å²) in [7, 11) is 0. The maximum atomic E-state index is 11.8. The highest BCUT2D eigenvalue weighted by Gasteiger charge is 2.12. The Morgan fingerprint density at radius 2 is 2.15 bits per heavy atom. The highest BCUT2D eigenvalue weighted by atomic mass is 32.2. The van der Waals surface area contributed by atoms with E-state index in [0.717, 1.165) is 5.56 Å². The summed E-state index contributed by atoms with van der Waals surface area (Å²) in [6.45, 7) is 2.03. The Morgan fingerprint density at radius 1 is 1.45 bits per heavy atom. The van der Waals surface area contributed by atoms with Crippen LogP contribution >= 0.6 is 24.0 Å². The van der Waals surface area contributed by atoms with Gasteiger partial charge < -0.3 is 5.73 Å². The average molecular weight is 304 g/mol. The molecule has 2 aromatic rings. The van der Waals surface area contributed by atoms with Gasteiger partial charge in [0.1, 0.15) is 0 Å². The Kier molecular flexibility index (Phi) is 4.68. The molecule has 0 fully saturated rings. The maximum absolute atomic E-state index is 11.8. The standard InChI is InChI=1S/C13H12N4OS2/c1-8(9-5-3-2-4-6-9)20-13-16-11(14)10(15-7-19)12(18)17-13/h2-6,8H,1H3,(H3,14,16,17,18)/t8-/m0/s1. The fourth-order valence-electron chi connectivity index (χ4n) is 1.63. The quantitative estimate of drug-likeness (QED) is 0.393. The monoisotopic (exact) mass is 304 g/mol. The van der Waals surface area contributed by atoms with E-state index in [0.29, 0.717) is 5.16 Å². The van der Waals surface area contributed by atoms with E-state index >= 15 is 0 Å². The van der Waals surface area contributed by atoms with E-state index in [2.05, 4.69) is 32.3 Å². The van der Waals surface area contributed by atoms with Crippen molar-refractivity contribution in [1.29, 1.82) is 0 Å². The number of rotatable bonds is 4. The van der Waals surface area contributed by atoms with Gasteiger partial charge in [0, 0.05) is 5.25 Å². The second-order valence-corrected chi connectivity index (χ2v) is 5.49. The van der Waals surface area contributed by atoms with Crippen molar-refractivity contribution in [2.75, 3.05) is 5.73 Å². The Hall–Kier alpha value is -1.95. The molecule has 2 rings (SSSR count). The number of thiocarbonyl (C=S) groups is 1. The van der Waals surface area contributed by atoms with Gasteiger partial charge in [0.15, 0.2) is 16.7 Å². The fraction of sp³-hybridized carbons (Fsp3) is 0.154. The van der Waals surface area contributed by atoms with Crippen molar-refractivity contribution in [3.63, 3.8) is 0 Å². The lowest BCUT2D eigenvalue weighted by Gasteiger charge is -2.11. The third kappa shape index (κ3) is 3.33. The first-order valence-electron chi connectivity index (χ1n) is 5.81. The van der Waals surface area contributed by atoms with Crippen molar-refractivity contribution in [2.45, 2.75) is 17.3 Å². The lowest BCUT2D eigenvalue weighted by molar-refractivity contribution is 0.933. The van der Waals surface area contributed by atoms with Gasteiger partial charge >= 0.3 is 0 Å². The molecule has 0 radical (unpaired) electrons. The molecule has 0 spiro atoms. The van der Waals surface area contributed by atoms with E-state index in [-0.39, 0.29) is 16.8 Å².